The number of thiazole rings is 1. The number of nitrogens with two attached hydrogens (primary N) is 1. The molecule has 0 aliphatic carbocycles. The predicted molar refractivity (Wildman–Crippen MR) is 89.0 cm³/mol. The first-order valence-corrected chi connectivity index (χ1v) is 8.22. The minimum atomic E-state index is 0.0351. The summed E-state index contributed by atoms with van der Waals surface area (Å²) in [7, 11) is 0. The van der Waals surface area contributed by atoms with Gasteiger partial charge >= 0.3 is 0 Å². The van der Waals surface area contributed by atoms with Gasteiger partial charge in [-0.15, -0.1) is 11.3 Å². The molecule has 3 N–H and O–H groups in total. The molecular formula is C16H26N4S. The first-order chi connectivity index (χ1) is 9.63. The van der Waals surface area contributed by atoms with Crippen molar-refractivity contribution in [3.05, 3.63) is 33.5 Å². The predicted octanol–water partition coefficient (Wildman–Crippen LogP) is 3.55. The maximum atomic E-state index is 5.99. The van der Waals surface area contributed by atoms with Crippen LogP contribution in [0.15, 0.2) is 11.4 Å². The molecule has 0 radical (unpaired) electrons. The highest BCUT2D eigenvalue weighted by molar-refractivity contribution is 7.09. The summed E-state index contributed by atoms with van der Waals surface area (Å²) in [6, 6.07) is 2.12. The molecule has 0 fully saturated rings. The zero-order chi connectivity index (χ0) is 15.8. The lowest BCUT2D eigenvalue weighted by atomic mass is 9.91. The lowest BCUT2D eigenvalue weighted by Crippen LogP contribution is -2.16. The van der Waals surface area contributed by atoms with Crippen LogP contribution >= 0.6 is 11.3 Å². The van der Waals surface area contributed by atoms with Gasteiger partial charge in [-0.25, -0.2) is 4.98 Å². The summed E-state index contributed by atoms with van der Waals surface area (Å²) in [5, 5.41) is 10.8. The second-order valence-electron chi connectivity index (χ2n) is 7.57. The Morgan fingerprint density at radius 2 is 1.76 bits per heavy atom. The lowest BCUT2D eigenvalue weighted by molar-refractivity contribution is 0.566. The Balaban J connectivity index is 2.32. The second-order valence-corrected chi connectivity index (χ2v) is 8.46. The van der Waals surface area contributed by atoms with Crippen molar-refractivity contribution in [2.45, 2.75) is 58.3 Å². The Bertz CT molecular complexity index is 546. The topological polar surface area (TPSA) is 67.6 Å². The van der Waals surface area contributed by atoms with E-state index in [0.717, 1.165) is 22.1 Å². The van der Waals surface area contributed by atoms with Gasteiger partial charge in [-0.1, -0.05) is 41.5 Å². The average Bonchev–Trinajstić information content (AvgIpc) is 2.96. The normalized spacial score (nSPS) is 14.4. The Labute approximate surface area is 131 Å². The van der Waals surface area contributed by atoms with Crippen molar-refractivity contribution in [3.63, 3.8) is 0 Å². The molecule has 5 heteroatoms. The number of aromatic nitrogens is 3. The van der Waals surface area contributed by atoms with E-state index in [0.29, 0.717) is 6.54 Å². The number of H-pyrrole nitrogens is 1. The van der Waals surface area contributed by atoms with Crippen LogP contribution in [0.2, 0.25) is 0 Å². The minimum absolute atomic E-state index is 0.0351. The van der Waals surface area contributed by atoms with Gasteiger partial charge in [0.05, 0.1) is 17.3 Å². The Kier molecular flexibility index (Phi) is 4.26. The molecule has 1 atom stereocenters. The fraction of sp³-hybridized carbons (Fsp3) is 0.625. The second kappa shape index (κ2) is 5.54. The molecule has 0 spiro atoms. The van der Waals surface area contributed by atoms with E-state index in [1.807, 2.05) is 0 Å². The van der Waals surface area contributed by atoms with E-state index in [4.69, 9.17) is 10.7 Å². The van der Waals surface area contributed by atoms with E-state index >= 15 is 0 Å². The molecule has 2 aromatic heterocycles. The number of rotatable bonds is 3. The number of hydrogen-bond donors (Lipinski definition) is 2. The van der Waals surface area contributed by atoms with Gasteiger partial charge in [0.25, 0.3) is 0 Å². The summed E-state index contributed by atoms with van der Waals surface area (Å²) in [6.45, 7) is 13.5. The van der Waals surface area contributed by atoms with Crippen molar-refractivity contribution in [2.24, 2.45) is 5.73 Å². The molecule has 0 bridgehead atoms. The van der Waals surface area contributed by atoms with E-state index in [1.165, 1.54) is 0 Å². The molecular weight excluding hydrogens is 280 g/mol. The number of hydrogen-bond acceptors (Lipinski definition) is 4. The third-order valence-corrected chi connectivity index (χ3v) is 4.52. The third kappa shape index (κ3) is 3.52. The summed E-state index contributed by atoms with van der Waals surface area (Å²) in [5.74, 6) is 0.0923. The van der Waals surface area contributed by atoms with E-state index in [1.54, 1.807) is 11.3 Å². The van der Waals surface area contributed by atoms with Crippen LogP contribution in [0.4, 0.5) is 0 Å². The molecule has 0 aliphatic rings. The maximum absolute atomic E-state index is 5.99. The van der Waals surface area contributed by atoms with Crippen LogP contribution in [0.1, 0.15) is 69.5 Å². The molecule has 0 aromatic carbocycles. The lowest BCUT2D eigenvalue weighted by Gasteiger charge is -2.15. The van der Waals surface area contributed by atoms with E-state index in [9.17, 15) is 0 Å². The summed E-state index contributed by atoms with van der Waals surface area (Å²) in [5.41, 5.74) is 9.33. The highest BCUT2D eigenvalue weighted by atomic mass is 32.1. The molecule has 0 aliphatic heterocycles. The van der Waals surface area contributed by atoms with Gasteiger partial charge < -0.3 is 5.73 Å². The molecule has 0 saturated carbocycles. The number of nitrogens with one attached hydrogen (secondary N) is 1. The maximum Gasteiger partial charge on any atom is 0.103 e. The average molecular weight is 306 g/mol. The summed E-state index contributed by atoms with van der Waals surface area (Å²) >= 11 is 1.68. The largest absolute Gasteiger partial charge is 0.329 e. The van der Waals surface area contributed by atoms with Crippen molar-refractivity contribution in [3.8, 4) is 0 Å². The van der Waals surface area contributed by atoms with Gasteiger partial charge in [0.1, 0.15) is 5.01 Å². The van der Waals surface area contributed by atoms with E-state index < -0.39 is 0 Å². The first-order valence-electron chi connectivity index (χ1n) is 7.34. The Morgan fingerprint density at radius 3 is 2.19 bits per heavy atom. The minimum Gasteiger partial charge on any atom is -0.329 e. The highest BCUT2D eigenvalue weighted by Crippen LogP contribution is 2.31. The van der Waals surface area contributed by atoms with Crippen molar-refractivity contribution in [1.82, 2.24) is 15.2 Å². The molecule has 0 amide bonds. The van der Waals surface area contributed by atoms with Crippen molar-refractivity contribution in [2.75, 3.05) is 6.54 Å². The zero-order valence-corrected chi connectivity index (χ0v) is 14.6. The van der Waals surface area contributed by atoms with Crippen molar-refractivity contribution >= 4 is 11.3 Å². The fourth-order valence-corrected chi connectivity index (χ4v) is 3.23. The van der Waals surface area contributed by atoms with Crippen molar-refractivity contribution in [1.29, 1.82) is 0 Å². The zero-order valence-electron chi connectivity index (χ0n) is 13.8. The SMILES string of the molecule is CC(C)(C)c1cc(C(CN)c2nc(C(C)(C)C)cs2)[nH]n1. The number of aromatic amines is 1. The summed E-state index contributed by atoms with van der Waals surface area (Å²) in [4.78, 5) is 4.79. The molecule has 2 heterocycles. The number of nitrogens with zero attached hydrogens (tertiary/aromatic N) is 2. The highest BCUT2D eigenvalue weighted by Gasteiger charge is 2.25. The van der Waals surface area contributed by atoms with Crippen LogP contribution in [0.5, 0.6) is 0 Å². The van der Waals surface area contributed by atoms with Crippen LogP contribution in [-0.2, 0) is 10.8 Å². The molecule has 116 valence electrons. The smallest absolute Gasteiger partial charge is 0.103 e. The van der Waals surface area contributed by atoms with Gasteiger partial charge in [-0.3, -0.25) is 5.10 Å². The summed E-state index contributed by atoms with van der Waals surface area (Å²) < 4.78 is 0. The van der Waals surface area contributed by atoms with Crippen molar-refractivity contribution < 1.29 is 0 Å². The van der Waals surface area contributed by atoms with E-state index in [-0.39, 0.29) is 16.7 Å². The Hall–Kier alpha value is -1.20. The molecule has 2 rings (SSSR count). The van der Waals surface area contributed by atoms with Crippen LogP contribution in [0.25, 0.3) is 0 Å². The van der Waals surface area contributed by atoms with Gasteiger partial charge in [-0.05, 0) is 6.07 Å². The fourth-order valence-electron chi connectivity index (χ4n) is 2.05. The standard InChI is InChI=1S/C16H26N4S/c1-15(2,3)12-7-11(19-20-12)10(8-17)14-18-13(9-21-14)16(4,5)6/h7,9-10H,8,17H2,1-6H3,(H,19,20). The monoisotopic (exact) mass is 306 g/mol. The quantitative estimate of drug-likeness (QED) is 0.911. The van der Waals surface area contributed by atoms with Crippen LogP contribution in [0.3, 0.4) is 0 Å². The Morgan fingerprint density at radius 1 is 1.14 bits per heavy atom. The van der Waals surface area contributed by atoms with Gasteiger partial charge in [-0.2, -0.15) is 5.10 Å². The first kappa shape index (κ1) is 16.2. The van der Waals surface area contributed by atoms with E-state index in [2.05, 4.69) is 63.2 Å². The molecule has 1 unspecified atom stereocenters. The van der Waals surface area contributed by atoms with Crippen LogP contribution < -0.4 is 5.73 Å². The van der Waals surface area contributed by atoms with Gasteiger partial charge in [0.15, 0.2) is 0 Å². The van der Waals surface area contributed by atoms with Gasteiger partial charge in [0.2, 0.25) is 0 Å². The molecule has 2 aromatic rings. The molecule has 21 heavy (non-hydrogen) atoms. The van der Waals surface area contributed by atoms with Crippen LogP contribution in [0, 0.1) is 0 Å². The molecule has 4 nitrogen and oxygen atoms in total. The van der Waals surface area contributed by atoms with Crippen LogP contribution in [-0.4, -0.2) is 21.7 Å². The third-order valence-electron chi connectivity index (χ3n) is 3.57. The van der Waals surface area contributed by atoms with Gasteiger partial charge in [0, 0.05) is 28.4 Å². The molecule has 0 saturated heterocycles. The summed E-state index contributed by atoms with van der Waals surface area (Å²) in [6.07, 6.45) is 0.